The van der Waals surface area contributed by atoms with E-state index in [0.717, 1.165) is 12.0 Å². The van der Waals surface area contributed by atoms with Crippen LogP contribution in [0.25, 0.3) is 0 Å². The summed E-state index contributed by atoms with van der Waals surface area (Å²) in [4.78, 5) is 11.2. The first-order valence-corrected chi connectivity index (χ1v) is 5.38. The number of halogens is 1. The quantitative estimate of drug-likeness (QED) is 0.850. The normalized spacial score (nSPS) is 11.2. The fourth-order valence-corrected chi connectivity index (χ4v) is 1.18. The van der Waals surface area contributed by atoms with E-state index in [-0.39, 0.29) is 18.4 Å². The molecular weight excluding hydrogens is 240 g/mol. The molecule has 3 N–H and O–H groups in total. The van der Waals surface area contributed by atoms with Gasteiger partial charge in [-0.05, 0) is 18.9 Å². The van der Waals surface area contributed by atoms with E-state index in [0.29, 0.717) is 13.2 Å². The lowest BCUT2D eigenvalue weighted by Crippen LogP contribution is -2.29. The van der Waals surface area contributed by atoms with E-state index < -0.39 is 6.09 Å². The summed E-state index contributed by atoms with van der Waals surface area (Å²) in [5.41, 5.74) is 6.53. The van der Waals surface area contributed by atoms with Crippen LogP contribution in [0.15, 0.2) is 30.3 Å². The molecule has 0 radical (unpaired) electrons. The van der Waals surface area contributed by atoms with Gasteiger partial charge in [0.15, 0.2) is 0 Å². The number of carbonyl (C=O) groups excluding carboxylic acids is 1. The minimum atomic E-state index is -0.399. The largest absolute Gasteiger partial charge is 0.445 e. The number of carbonyl (C=O) groups is 1. The van der Waals surface area contributed by atoms with E-state index in [9.17, 15) is 4.79 Å². The van der Waals surface area contributed by atoms with Crippen molar-refractivity contribution in [3.63, 3.8) is 0 Å². The Kier molecular flexibility index (Phi) is 8.19. The van der Waals surface area contributed by atoms with E-state index in [1.165, 1.54) is 0 Å². The number of nitrogens with two attached hydrogens (primary N) is 1. The van der Waals surface area contributed by atoms with Gasteiger partial charge in [0, 0.05) is 12.6 Å². The average Bonchev–Trinajstić information content (AvgIpc) is 2.27. The molecule has 1 rings (SSSR count). The van der Waals surface area contributed by atoms with E-state index in [4.69, 9.17) is 10.5 Å². The molecule has 0 saturated heterocycles. The van der Waals surface area contributed by atoms with Crippen LogP contribution in [0.5, 0.6) is 0 Å². The smallest absolute Gasteiger partial charge is 0.407 e. The molecule has 0 aliphatic heterocycles. The van der Waals surface area contributed by atoms with Gasteiger partial charge in [0.05, 0.1) is 0 Å². The van der Waals surface area contributed by atoms with Gasteiger partial charge in [-0.1, -0.05) is 30.3 Å². The monoisotopic (exact) mass is 258 g/mol. The molecule has 1 aromatic carbocycles. The summed E-state index contributed by atoms with van der Waals surface area (Å²) < 4.78 is 5.02. The van der Waals surface area contributed by atoms with E-state index in [1.54, 1.807) is 0 Å². The van der Waals surface area contributed by atoms with Crippen LogP contribution in [-0.4, -0.2) is 18.7 Å². The van der Waals surface area contributed by atoms with Crippen LogP contribution in [0.3, 0.4) is 0 Å². The van der Waals surface area contributed by atoms with Gasteiger partial charge in [0.1, 0.15) is 6.61 Å². The van der Waals surface area contributed by atoms with Gasteiger partial charge in [-0.15, -0.1) is 12.4 Å². The Bertz CT molecular complexity index is 318. The fraction of sp³-hybridized carbons (Fsp3) is 0.417. The Morgan fingerprint density at radius 1 is 1.41 bits per heavy atom. The highest BCUT2D eigenvalue weighted by Gasteiger charge is 2.02. The first-order chi connectivity index (χ1) is 7.68. The number of benzene rings is 1. The van der Waals surface area contributed by atoms with Gasteiger partial charge >= 0.3 is 6.09 Å². The van der Waals surface area contributed by atoms with Crippen molar-refractivity contribution in [1.29, 1.82) is 0 Å². The van der Waals surface area contributed by atoms with Gasteiger partial charge in [0.2, 0.25) is 0 Å². The lowest BCUT2D eigenvalue weighted by molar-refractivity contribution is 0.139. The van der Waals surface area contributed by atoms with Crippen LogP contribution in [-0.2, 0) is 11.3 Å². The summed E-state index contributed by atoms with van der Waals surface area (Å²) in [6.45, 7) is 2.74. The molecule has 0 aromatic heterocycles. The molecule has 0 spiro atoms. The average molecular weight is 259 g/mol. The SMILES string of the molecule is C[C@H](N)CCNC(=O)OCc1ccccc1.Cl. The Balaban J connectivity index is 0.00000256. The Morgan fingerprint density at radius 3 is 2.65 bits per heavy atom. The number of ether oxygens (including phenoxy) is 1. The molecule has 0 heterocycles. The second kappa shape index (κ2) is 8.84. The molecule has 0 aliphatic carbocycles. The van der Waals surface area contributed by atoms with Crippen molar-refractivity contribution in [3.05, 3.63) is 35.9 Å². The van der Waals surface area contributed by atoms with Crippen molar-refractivity contribution in [2.75, 3.05) is 6.54 Å². The molecule has 4 nitrogen and oxygen atoms in total. The third-order valence-electron chi connectivity index (χ3n) is 2.08. The highest BCUT2D eigenvalue weighted by molar-refractivity contribution is 5.85. The standard InChI is InChI=1S/C12H18N2O2.ClH/c1-10(13)7-8-14-12(15)16-9-11-5-3-2-4-6-11;/h2-6,10H,7-9,13H2,1H3,(H,14,15);1H/t10-;/m0./s1. The van der Waals surface area contributed by atoms with Gasteiger partial charge < -0.3 is 15.8 Å². The third kappa shape index (κ3) is 7.60. The molecule has 0 aliphatic rings. The zero-order chi connectivity index (χ0) is 11.8. The first kappa shape index (κ1) is 15.7. The zero-order valence-corrected chi connectivity index (χ0v) is 10.7. The highest BCUT2D eigenvalue weighted by Crippen LogP contribution is 2.00. The van der Waals surface area contributed by atoms with Gasteiger partial charge in [-0.25, -0.2) is 4.79 Å². The summed E-state index contributed by atoms with van der Waals surface area (Å²) in [5, 5.41) is 2.64. The predicted molar refractivity (Wildman–Crippen MR) is 70.1 cm³/mol. The number of nitrogens with one attached hydrogen (secondary N) is 1. The number of hydrogen-bond acceptors (Lipinski definition) is 3. The zero-order valence-electron chi connectivity index (χ0n) is 9.89. The number of alkyl carbamates (subject to hydrolysis) is 1. The maximum Gasteiger partial charge on any atom is 0.407 e. The lowest BCUT2D eigenvalue weighted by atomic mass is 10.2. The van der Waals surface area contributed by atoms with Gasteiger partial charge in [-0.2, -0.15) is 0 Å². The third-order valence-corrected chi connectivity index (χ3v) is 2.08. The molecular formula is C12H19ClN2O2. The summed E-state index contributed by atoms with van der Waals surface area (Å²) in [5.74, 6) is 0. The van der Waals surface area contributed by atoms with Crippen molar-refractivity contribution in [2.24, 2.45) is 5.73 Å². The van der Waals surface area contributed by atoms with Crippen molar-refractivity contribution in [1.82, 2.24) is 5.32 Å². The predicted octanol–water partition coefficient (Wildman–Crippen LogP) is 2.07. The molecule has 1 atom stereocenters. The Labute approximate surface area is 108 Å². The van der Waals surface area contributed by atoms with Gasteiger partial charge in [-0.3, -0.25) is 0 Å². The molecule has 96 valence electrons. The molecule has 1 amide bonds. The Hall–Kier alpha value is -1.26. The molecule has 17 heavy (non-hydrogen) atoms. The number of rotatable bonds is 5. The minimum Gasteiger partial charge on any atom is -0.445 e. The maximum absolute atomic E-state index is 11.2. The van der Waals surface area contributed by atoms with Crippen LogP contribution in [0, 0.1) is 0 Å². The van der Waals surface area contributed by atoms with Crippen LogP contribution in [0.4, 0.5) is 4.79 Å². The lowest BCUT2D eigenvalue weighted by Gasteiger charge is -2.08. The number of amides is 1. The topological polar surface area (TPSA) is 64.3 Å². The van der Waals surface area contributed by atoms with Crippen molar-refractivity contribution in [3.8, 4) is 0 Å². The van der Waals surface area contributed by atoms with Crippen LogP contribution in [0.2, 0.25) is 0 Å². The van der Waals surface area contributed by atoms with Crippen LogP contribution in [0.1, 0.15) is 18.9 Å². The summed E-state index contributed by atoms with van der Waals surface area (Å²) in [6.07, 6.45) is 0.352. The maximum atomic E-state index is 11.2. The van der Waals surface area contributed by atoms with Crippen molar-refractivity contribution < 1.29 is 9.53 Å². The molecule has 0 fully saturated rings. The van der Waals surface area contributed by atoms with Crippen molar-refractivity contribution in [2.45, 2.75) is 26.0 Å². The molecule has 0 bridgehead atoms. The first-order valence-electron chi connectivity index (χ1n) is 5.38. The summed E-state index contributed by atoms with van der Waals surface area (Å²) in [6, 6.07) is 9.66. The molecule has 0 unspecified atom stereocenters. The van der Waals surface area contributed by atoms with Crippen LogP contribution < -0.4 is 11.1 Å². The molecule has 1 aromatic rings. The minimum absolute atomic E-state index is 0. The van der Waals surface area contributed by atoms with E-state index in [2.05, 4.69) is 5.32 Å². The second-order valence-electron chi connectivity index (χ2n) is 3.75. The number of hydrogen-bond donors (Lipinski definition) is 2. The highest BCUT2D eigenvalue weighted by atomic mass is 35.5. The summed E-state index contributed by atoms with van der Waals surface area (Å²) >= 11 is 0. The fourth-order valence-electron chi connectivity index (χ4n) is 1.18. The van der Waals surface area contributed by atoms with Gasteiger partial charge in [0.25, 0.3) is 0 Å². The Morgan fingerprint density at radius 2 is 2.06 bits per heavy atom. The summed E-state index contributed by atoms with van der Waals surface area (Å²) in [7, 11) is 0. The van der Waals surface area contributed by atoms with Crippen molar-refractivity contribution >= 4 is 18.5 Å². The molecule has 5 heteroatoms. The molecule has 0 saturated carbocycles. The van der Waals surface area contributed by atoms with Crippen LogP contribution >= 0.6 is 12.4 Å². The van der Waals surface area contributed by atoms with E-state index in [1.807, 2.05) is 37.3 Å². The van der Waals surface area contributed by atoms with E-state index >= 15 is 0 Å². The second-order valence-corrected chi connectivity index (χ2v) is 3.75.